The molecule has 0 bridgehead atoms. The lowest BCUT2D eigenvalue weighted by Crippen LogP contribution is -2.35. The van der Waals surface area contributed by atoms with E-state index in [2.05, 4.69) is 22.3 Å². The standard InChI is InChI=1S/C15H19FN4/c1-11(8-20-10-17-9-18-20)19-15-4-2-3-12-7-13(16)5-6-14(12)15/h5-7,9-11,15,19H,2-4,8H2,1H3/t11-,15+/m0/s1. The van der Waals surface area contributed by atoms with Gasteiger partial charge >= 0.3 is 0 Å². The fourth-order valence-electron chi connectivity index (χ4n) is 2.96. The molecule has 0 fully saturated rings. The highest BCUT2D eigenvalue weighted by atomic mass is 19.1. The number of hydrogen-bond acceptors (Lipinski definition) is 3. The monoisotopic (exact) mass is 274 g/mol. The quantitative estimate of drug-likeness (QED) is 0.931. The van der Waals surface area contributed by atoms with Gasteiger partial charge in [-0.15, -0.1) is 0 Å². The molecule has 2 atom stereocenters. The number of fused-ring (bicyclic) bond motifs is 1. The van der Waals surface area contributed by atoms with Crippen LogP contribution in [0.5, 0.6) is 0 Å². The predicted molar refractivity (Wildman–Crippen MR) is 74.7 cm³/mol. The van der Waals surface area contributed by atoms with Crippen LogP contribution in [-0.2, 0) is 13.0 Å². The SMILES string of the molecule is C[C@@H](Cn1cncn1)N[C@@H]1CCCc2cc(F)ccc21. The number of aromatic nitrogens is 3. The van der Waals surface area contributed by atoms with Crippen LogP contribution < -0.4 is 5.32 Å². The van der Waals surface area contributed by atoms with Crippen molar-refractivity contribution < 1.29 is 4.39 Å². The van der Waals surface area contributed by atoms with E-state index in [0.29, 0.717) is 6.04 Å². The minimum atomic E-state index is -0.139. The molecule has 0 saturated heterocycles. The van der Waals surface area contributed by atoms with Crippen molar-refractivity contribution in [3.63, 3.8) is 0 Å². The number of aryl methyl sites for hydroxylation is 1. The van der Waals surface area contributed by atoms with Crippen molar-refractivity contribution in [2.75, 3.05) is 0 Å². The Hall–Kier alpha value is -1.75. The number of halogens is 1. The van der Waals surface area contributed by atoms with Crippen molar-refractivity contribution in [2.45, 2.75) is 44.8 Å². The molecule has 1 N–H and O–H groups in total. The van der Waals surface area contributed by atoms with Gasteiger partial charge < -0.3 is 5.32 Å². The van der Waals surface area contributed by atoms with Gasteiger partial charge in [-0.25, -0.2) is 9.37 Å². The maximum Gasteiger partial charge on any atom is 0.137 e. The van der Waals surface area contributed by atoms with Crippen LogP contribution in [0.4, 0.5) is 4.39 Å². The largest absolute Gasteiger partial charge is 0.306 e. The normalized spacial score (nSPS) is 19.6. The second kappa shape index (κ2) is 5.71. The number of benzene rings is 1. The Kier molecular flexibility index (Phi) is 3.78. The first-order valence-corrected chi connectivity index (χ1v) is 7.09. The highest BCUT2D eigenvalue weighted by molar-refractivity contribution is 5.32. The van der Waals surface area contributed by atoms with Crippen LogP contribution in [0.3, 0.4) is 0 Å². The van der Waals surface area contributed by atoms with Crippen molar-refractivity contribution in [1.29, 1.82) is 0 Å². The van der Waals surface area contributed by atoms with Crippen molar-refractivity contribution in [1.82, 2.24) is 20.1 Å². The third-order valence-corrected chi connectivity index (χ3v) is 3.83. The molecule has 2 aromatic rings. The fraction of sp³-hybridized carbons (Fsp3) is 0.467. The summed E-state index contributed by atoms with van der Waals surface area (Å²) in [5, 5.41) is 7.74. The van der Waals surface area contributed by atoms with Gasteiger partial charge in [0.25, 0.3) is 0 Å². The van der Waals surface area contributed by atoms with E-state index in [4.69, 9.17) is 0 Å². The van der Waals surface area contributed by atoms with Gasteiger partial charge in [-0.05, 0) is 49.4 Å². The minimum Gasteiger partial charge on any atom is -0.306 e. The van der Waals surface area contributed by atoms with Crippen LogP contribution in [0.1, 0.15) is 36.9 Å². The van der Waals surface area contributed by atoms with E-state index in [1.165, 1.54) is 5.56 Å². The summed E-state index contributed by atoms with van der Waals surface area (Å²) in [5.41, 5.74) is 2.38. The van der Waals surface area contributed by atoms with E-state index in [0.717, 1.165) is 31.4 Å². The molecule has 0 aliphatic heterocycles. The highest BCUT2D eigenvalue weighted by Gasteiger charge is 2.21. The van der Waals surface area contributed by atoms with E-state index in [1.807, 2.05) is 10.7 Å². The lowest BCUT2D eigenvalue weighted by atomic mass is 9.87. The topological polar surface area (TPSA) is 42.7 Å². The smallest absolute Gasteiger partial charge is 0.137 e. The molecule has 1 aromatic carbocycles. The number of nitrogens with one attached hydrogen (secondary N) is 1. The number of rotatable bonds is 4. The Labute approximate surface area is 118 Å². The van der Waals surface area contributed by atoms with Crippen LogP contribution in [0.2, 0.25) is 0 Å². The maximum atomic E-state index is 13.3. The first kappa shape index (κ1) is 13.2. The van der Waals surface area contributed by atoms with Crippen molar-refractivity contribution in [3.05, 3.63) is 47.8 Å². The molecule has 0 radical (unpaired) electrons. The molecule has 1 heterocycles. The predicted octanol–water partition coefficient (Wildman–Crippen LogP) is 2.47. The second-order valence-corrected chi connectivity index (χ2v) is 5.47. The highest BCUT2D eigenvalue weighted by Crippen LogP contribution is 2.30. The van der Waals surface area contributed by atoms with Gasteiger partial charge in [-0.3, -0.25) is 4.68 Å². The Morgan fingerprint density at radius 1 is 1.50 bits per heavy atom. The summed E-state index contributed by atoms with van der Waals surface area (Å²) in [6.45, 7) is 2.92. The van der Waals surface area contributed by atoms with E-state index >= 15 is 0 Å². The Balaban J connectivity index is 1.69. The summed E-state index contributed by atoms with van der Waals surface area (Å²) in [6.07, 6.45) is 6.45. The zero-order valence-corrected chi connectivity index (χ0v) is 11.6. The minimum absolute atomic E-state index is 0.139. The molecule has 3 rings (SSSR count). The molecule has 0 saturated carbocycles. The van der Waals surface area contributed by atoms with Gasteiger partial charge in [0.1, 0.15) is 18.5 Å². The van der Waals surface area contributed by atoms with Gasteiger partial charge in [0, 0.05) is 12.1 Å². The molecule has 4 nitrogen and oxygen atoms in total. The average Bonchev–Trinajstić information content (AvgIpc) is 2.91. The molecule has 1 aromatic heterocycles. The van der Waals surface area contributed by atoms with Gasteiger partial charge in [-0.1, -0.05) is 6.07 Å². The van der Waals surface area contributed by atoms with Gasteiger partial charge in [0.05, 0.1) is 6.54 Å². The lowest BCUT2D eigenvalue weighted by molar-refractivity contribution is 0.369. The van der Waals surface area contributed by atoms with Crippen molar-refractivity contribution >= 4 is 0 Å². The van der Waals surface area contributed by atoms with E-state index in [1.54, 1.807) is 24.8 Å². The summed E-state index contributed by atoms with van der Waals surface area (Å²) in [4.78, 5) is 3.95. The van der Waals surface area contributed by atoms with Crippen LogP contribution in [0, 0.1) is 5.82 Å². The van der Waals surface area contributed by atoms with Crippen molar-refractivity contribution in [3.8, 4) is 0 Å². The van der Waals surface area contributed by atoms with Gasteiger partial charge in [-0.2, -0.15) is 5.10 Å². The van der Waals surface area contributed by atoms with Crippen LogP contribution >= 0.6 is 0 Å². The van der Waals surface area contributed by atoms with Gasteiger partial charge in [0.15, 0.2) is 0 Å². The Morgan fingerprint density at radius 3 is 3.20 bits per heavy atom. The Morgan fingerprint density at radius 2 is 2.40 bits per heavy atom. The molecular formula is C15H19FN4. The molecule has 106 valence electrons. The van der Waals surface area contributed by atoms with Crippen molar-refractivity contribution in [2.24, 2.45) is 0 Å². The molecule has 1 aliphatic carbocycles. The third kappa shape index (κ3) is 2.88. The summed E-state index contributed by atoms with van der Waals surface area (Å²) >= 11 is 0. The fourth-order valence-corrected chi connectivity index (χ4v) is 2.96. The lowest BCUT2D eigenvalue weighted by Gasteiger charge is -2.29. The summed E-state index contributed by atoms with van der Waals surface area (Å²) < 4.78 is 15.1. The zero-order valence-electron chi connectivity index (χ0n) is 11.6. The maximum absolute atomic E-state index is 13.3. The first-order chi connectivity index (χ1) is 9.72. The summed E-state index contributed by atoms with van der Waals surface area (Å²) in [5.74, 6) is -0.139. The molecular weight excluding hydrogens is 255 g/mol. The van der Waals surface area contributed by atoms with E-state index in [-0.39, 0.29) is 11.9 Å². The van der Waals surface area contributed by atoms with Crippen LogP contribution in [0.25, 0.3) is 0 Å². The first-order valence-electron chi connectivity index (χ1n) is 7.09. The molecule has 1 aliphatic rings. The second-order valence-electron chi connectivity index (χ2n) is 5.47. The molecule has 20 heavy (non-hydrogen) atoms. The molecule has 0 amide bonds. The number of hydrogen-bond donors (Lipinski definition) is 1. The Bertz CT molecular complexity index is 567. The zero-order chi connectivity index (χ0) is 13.9. The van der Waals surface area contributed by atoms with Gasteiger partial charge in [0.2, 0.25) is 0 Å². The van der Waals surface area contributed by atoms with E-state index < -0.39 is 0 Å². The van der Waals surface area contributed by atoms with Crippen LogP contribution in [0.15, 0.2) is 30.9 Å². The molecule has 0 unspecified atom stereocenters. The number of nitrogens with zero attached hydrogens (tertiary/aromatic N) is 3. The average molecular weight is 274 g/mol. The third-order valence-electron chi connectivity index (χ3n) is 3.83. The van der Waals surface area contributed by atoms with E-state index in [9.17, 15) is 4.39 Å². The summed E-state index contributed by atoms with van der Waals surface area (Å²) in [7, 11) is 0. The molecule has 5 heteroatoms. The summed E-state index contributed by atoms with van der Waals surface area (Å²) in [6, 6.07) is 5.74. The van der Waals surface area contributed by atoms with Crippen LogP contribution in [-0.4, -0.2) is 20.8 Å². The molecule has 0 spiro atoms.